The molecule has 0 aliphatic carbocycles. The minimum atomic E-state index is -9.34. The zero-order valence-corrected chi connectivity index (χ0v) is 10.4. The van der Waals surface area contributed by atoms with Crippen LogP contribution >= 0.6 is 10.2 Å². The smallest absolute Gasteiger partial charge is 0.304 e. The van der Waals surface area contributed by atoms with E-state index < -0.39 is 15.6 Å². The third-order valence-corrected chi connectivity index (χ3v) is 2.84. The van der Waals surface area contributed by atoms with Crippen molar-refractivity contribution in [3.8, 4) is 0 Å². The number of rotatable bonds is 9. The van der Waals surface area contributed by atoms with Crippen molar-refractivity contribution < 1.29 is 24.5 Å². The molecule has 0 fully saturated rings. The lowest BCUT2D eigenvalue weighted by Crippen LogP contribution is -1.98. The van der Waals surface area contributed by atoms with Crippen LogP contribution in [0.1, 0.15) is 44.9 Å². The van der Waals surface area contributed by atoms with Gasteiger partial charge < -0.3 is 5.11 Å². The van der Waals surface area contributed by atoms with Crippen LogP contribution in [0.2, 0.25) is 0 Å². The Balaban J connectivity index is 3.57. The maximum absolute atomic E-state index is 11.8. The average Bonchev–Trinajstić information content (AvgIpc) is 2.11. The Kier molecular flexibility index (Phi) is 5.46. The molecule has 1 nitrogen and oxygen atoms in total. The van der Waals surface area contributed by atoms with E-state index in [-0.39, 0.29) is 13.0 Å². The monoisotopic (exact) mass is 282 g/mol. The van der Waals surface area contributed by atoms with E-state index in [1.165, 1.54) is 0 Å². The molecule has 0 spiro atoms. The van der Waals surface area contributed by atoms with Crippen molar-refractivity contribution in [3.63, 3.8) is 0 Å². The molecule has 7 heteroatoms. The molecule has 0 aromatic carbocycles. The van der Waals surface area contributed by atoms with Gasteiger partial charge >= 0.3 is 10.2 Å². The summed E-state index contributed by atoms with van der Waals surface area (Å²) >= 11 is 0. The number of aliphatic hydroxyl groups excluding tert-OH is 1. The standard InChI is InChI=1S/C10H19F5OS/c11-17(12,13,14,15)10-8-6-4-2-1-3-5-7-9-16/h8,10,16H,1-7,9H2. The number of aliphatic hydroxyl groups is 1. The molecule has 0 radical (unpaired) electrons. The van der Waals surface area contributed by atoms with Gasteiger partial charge in [-0.2, -0.15) is 0 Å². The minimum Gasteiger partial charge on any atom is -0.396 e. The van der Waals surface area contributed by atoms with Gasteiger partial charge in [-0.15, -0.1) is 0 Å². The Morgan fingerprint density at radius 2 is 1.24 bits per heavy atom. The van der Waals surface area contributed by atoms with Gasteiger partial charge in [0.2, 0.25) is 0 Å². The lowest BCUT2D eigenvalue weighted by atomic mass is 10.1. The molecule has 0 aliphatic heterocycles. The molecule has 0 saturated heterocycles. The van der Waals surface area contributed by atoms with E-state index in [1.54, 1.807) is 0 Å². The summed E-state index contributed by atoms with van der Waals surface area (Å²) in [7, 11) is -9.34. The molecule has 0 aromatic heterocycles. The van der Waals surface area contributed by atoms with Gasteiger partial charge in [0.05, 0.1) is 5.41 Å². The van der Waals surface area contributed by atoms with Crippen LogP contribution in [0.5, 0.6) is 0 Å². The van der Waals surface area contributed by atoms with Crippen LogP contribution in [0.3, 0.4) is 0 Å². The highest BCUT2D eigenvalue weighted by molar-refractivity contribution is 8.48. The molecule has 0 bridgehead atoms. The topological polar surface area (TPSA) is 20.2 Å². The maximum atomic E-state index is 11.8. The molecule has 0 aliphatic rings. The van der Waals surface area contributed by atoms with Crippen molar-refractivity contribution in [1.29, 1.82) is 0 Å². The number of halogens is 5. The number of hydrogen-bond donors (Lipinski definition) is 1. The second kappa shape index (κ2) is 5.56. The molecule has 0 rings (SSSR count). The van der Waals surface area contributed by atoms with E-state index in [9.17, 15) is 19.4 Å². The fraction of sp³-hybridized carbons (Fsp3) is 0.800. The van der Waals surface area contributed by atoms with Crippen molar-refractivity contribution in [2.45, 2.75) is 44.9 Å². The first kappa shape index (κ1) is 16.7. The van der Waals surface area contributed by atoms with Gasteiger partial charge in [0, 0.05) is 6.61 Å². The number of unbranched alkanes of at least 4 members (excludes halogenated alkanes) is 6. The first-order valence-electron chi connectivity index (χ1n) is 5.57. The average molecular weight is 282 g/mol. The molecule has 1 N–H and O–H groups in total. The van der Waals surface area contributed by atoms with Gasteiger partial charge in [-0.3, -0.25) is 0 Å². The van der Waals surface area contributed by atoms with Gasteiger partial charge in [-0.1, -0.05) is 51.2 Å². The molecule has 17 heavy (non-hydrogen) atoms. The normalized spacial score (nSPS) is 17.1. The largest absolute Gasteiger partial charge is 0.396 e. The number of hydrogen-bond acceptors (Lipinski definition) is 1. The molecule has 0 amide bonds. The molecular weight excluding hydrogens is 263 g/mol. The van der Waals surface area contributed by atoms with Gasteiger partial charge in [-0.05, 0) is 19.3 Å². The van der Waals surface area contributed by atoms with E-state index >= 15 is 0 Å². The molecule has 0 aromatic rings. The lowest BCUT2D eigenvalue weighted by molar-refractivity contribution is 0.282. The Morgan fingerprint density at radius 3 is 1.71 bits per heavy atom. The zero-order valence-electron chi connectivity index (χ0n) is 9.56. The van der Waals surface area contributed by atoms with Crippen LogP contribution in [0.15, 0.2) is 11.5 Å². The van der Waals surface area contributed by atoms with Gasteiger partial charge in [-0.25, -0.2) is 0 Å². The lowest BCUT2D eigenvalue weighted by Gasteiger charge is -2.36. The Labute approximate surface area is 98.4 Å². The van der Waals surface area contributed by atoms with E-state index in [2.05, 4.69) is 0 Å². The highest BCUT2D eigenvalue weighted by Crippen LogP contribution is 2.98. The van der Waals surface area contributed by atoms with Gasteiger partial charge in [0.1, 0.15) is 0 Å². The summed E-state index contributed by atoms with van der Waals surface area (Å²) in [5.41, 5.74) is 0. The summed E-state index contributed by atoms with van der Waals surface area (Å²) in [5, 5.41) is 7.61. The molecular formula is C10H19F5OS. The molecule has 0 unspecified atom stereocenters. The van der Waals surface area contributed by atoms with E-state index in [0.717, 1.165) is 32.1 Å². The molecule has 106 valence electrons. The van der Waals surface area contributed by atoms with Crippen molar-refractivity contribution in [3.05, 3.63) is 11.5 Å². The fourth-order valence-corrected chi connectivity index (χ4v) is 1.83. The van der Waals surface area contributed by atoms with E-state index in [1.807, 2.05) is 0 Å². The zero-order chi connectivity index (χ0) is 13.5. The molecule has 0 heterocycles. The third-order valence-electron chi connectivity index (χ3n) is 2.13. The summed E-state index contributed by atoms with van der Waals surface area (Å²) in [5.74, 6) is 0. The first-order chi connectivity index (χ1) is 7.54. The summed E-state index contributed by atoms with van der Waals surface area (Å²) in [6.45, 7) is 0.145. The van der Waals surface area contributed by atoms with Crippen LogP contribution in [0.25, 0.3) is 0 Å². The first-order valence-corrected chi connectivity index (χ1v) is 7.58. The highest BCUT2D eigenvalue weighted by atomic mass is 32.5. The van der Waals surface area contributed by atoms with E-state index in [0.29, 0.717) is 12.5 Å². The van der Waals surface area contributed by atoms with Crippen LogP contribution < -0.4 is 0 Å². The SMILES string of the molecule is OCCCCCCCCC=CS(F)(F)(F)(F)F. The van der Waals surface area contributed by atoms with Crippen molar-refractivity contribution in [2.75, 3.05) is 6.61 Å². The van der Waals surface area contributed by atoms with Crippen molar-refractivity contribution >= 4 is 10.2 Å². The van der Waals surface area contributed by atoms with Crippen molar-refractivity contribution in [2.24, 2.45) is 0 Å². The number of allylic oxidation sites excluding steroid dienone is 1. The maximum Gasteiger partial charge on any atom is 0.304 e. The van der Waals surface area contributed by atoms with Gasteiger partial charge in [0.25, 0.3) is 0 Å². The fourth-order valence-electron chi connectivity index (χ4n) is 1.33. The van der Waals surface area contributed by atoms with E-state index in [4.69, 9.17) is 5.11 Å². The third kappa shape index (κ3) is 15.7. The predicted octanol–water partition coefficient (Wildman–Crippen LogP) is 5.52. The second-order valence-corrected chi connectivity index (χ2v) is 6.36. The molecule has 0 atom stereocenters. The Bertz CT molecular complexity index is 245. The van der Waals surface area contributed by atoms with Gasteiger partial charge in [0.15, 0.2) is 0 Å². The highest BCUT2D eigenvalue weighted by Gasteiger charge is 2.60. The van der Waals surface area contributed by atoms with Crippen LogP contribution in [0.4, 0.5) is 19.4 Å². The second-order valence-electron chi connectivity index (χ2n) is 4.03. The predicted molar refractivity (Wildman–Crippen MR) is 61.7 cm³/mol. The Morgan fingerprint density at radius 1 is 0.765 bits per heavy atom. The summed E-state index contributed by atoms with van der Waals surface area (Å²) in [6, 6.07) is 0. The van der Waals surface area contributed by atoms with Crippen LogP contribution in [0, 0.1) is 0 Å². The van der Waals surface area contributed by atoms with Crippen LogP contribution in [-0.2, 0) is 0 Å². The van der Waals surface area contributed by atoms with Crippen molar-refractivity contribution in [1.82, 2.24) is 0 Å². The Hall–Kier alpha value is -0.300. The summed E-state index contributed by atoms with van der Waals surface area (Å²) in [6.07, 6.45) is 5.10. The quantitative estimate of drug-likeness (QED) is 0.436. The summed E-state index contributed by atoms with van der Waals surface area (Å²) in [4.78, 5) is 0. The summed E-state index contributed by atoms with van der Waals surface area (Å²) < 4.78 is 59.1. The van der Waals surface area contributed by atoms with Crippen LogP contribution in [-0.4, -0.2) is 11.7 Å². The minimum absolute atomic E-state index is 0.0194. The molecule has 0 saturated carbocycles.